The molecule has 12 heavy (non-hydrogen) atoms. The molecular formula is C11H20N. The van der Waals surface area contributed by atoms with Crippen molar-refractivity contribution < 1.29 is 0 Å². The van der Waals surface area contributed by atoms with Gasteiger partial charge in [-0.05, 0) is 6.92 Å². The summed E-state index contributed by atoms with van der Waals surface area (Å²) < 4.78 is 0. The van der Waals surface area contributed by atoms with Gasteiger partial charge in [-0.15, -0.1) is 0 Å². The maximum atomic E-state index is 2.25. The summed E-state index contributed by atoms with van der Waals surface area (Å²) in [7, 11) is 4.16. The summed E-state index contributed by atoms with van der Waals surface area (Å²) in [6, 6.07) is 0. The molecule has 0 fully saturated rings. The zero-order valence-electron chi connectivity index (χ0n) is 8.89. The lowest BCUT2D eigenvalue weighted by Crippen LogP contribution is -2.12. The van der Waals surface area contributed by atoms with Crippen LogP contribution in [0.5, 0.6) is 0 Å². The van der Waals surface area contributed by atoms with E-state index in [0.717, 1.165) is 6.42 Å². The molecule has 1 aliphatic carbocycles. The van der Waals surface area contributed by atoms with Crippen molar-refractivity contribution in [1.82, 2.24) is 4.90 Å². The maximum absolute atomic E-state index is 2.25. The molecule has 1 heteroatoms. The second-order valence-electron chi connectivity index (χ2n) is 2.87. The monoisotopic (exact) mass is 166 g/mol. The van der Waals surface area contributed by atoms with Crippen LogP contribution in [0.15, 0.2) is 23.4 Å². The zero-order chi connectivity index (χ0) is 9.56. The van der Waals surface area contributed by atoms with Crippen LogP contribution in [0, 0.1) is 6.42 Å². The number of allylic oxidation sites excluding steroid dienone is 3. The average molecular weight is 166 g/mol. The van der Waals surface area contributed by atoms with Gasteiger partial charge in [0.2, 0.25) is 0 Å². The largest absolute Gasteiger partial charge is 0.381 e. The van der Waals surface area contributed by atoms with Gasteiger partial charge >= 0.3 is 0 Å². The van der Waals surface area contributed by atoms with Gasteiger partial charge in [-0.1, -0.05) is 31.6 Å². The molecule has 0 bridgehead atoms. The Kier molecular flexibility index (Phi) is 5.52. The minimum Gasteiger partial charge on any atom is -0.381 e. The fraction of sp³-hybridized carbons (Fsp3) is 0.545. The first kappa shape index (κ1) is 11.3. The normalized spacial score (nSPS) is 15.4. The first-order valence-corrected chi connectivity index (χ1v) is 4.58. The Morgan fingerprint density at radius 1 is 1.25 bits per heavy atom. The molecular weight excluding hydrogens is 146 g/mol. The van der Waals surface area contributed by atoms with Crippen LogP contribution >= 0.6 is 0 Å². The van der Waals surface area contributed by atoms with Crippen LogP contribution in [0.3, 0.4) is 0 Å². The van der Waals surface area contributed by atoms with E-state index in [0.29, 0.717) is 0 Å². The molecule has 1 rings (SSSR count). The molecule has 0 aromatic carbocycles. The van der Waals surface area contributed by atoms with Gasteiger partial charge in [0.25, 0.3) is 0 Å². The van der Waals surface area contributed by atoms with E-state index < -0.39 is 0 Å². The molecule has 1 nitrogen and oxygen atoms in total. The summed E-state index contributed by atoms with van der Waals surface area (Å²) in [5.41, 5.74) is 2.75. The first-order valence-electron chi connectivity index (χ1n) is 4.58. The number of hydrogen-bond donors (Lipinski definition) is 0. The molecule has 0 aromatic rings. The maximum Gasteiger partial charge on any atom is 0.0132 e. The number of rotatable bonds is 1. The highest BCUT2D eigenvalue weighted by atomic mass is 15.1. The van der Waals surface area contributed by atoms with Gasteiger partial charge in [0.15, 0.2) is 0 Å². The molecule has 1 aliphatic rings. The van der Waals surface area contributed by atoms with Gasteiger partial charge < -0.3 is 4.90 Å². The quantitative estimate of drug-likeness (QED) is 0.579. The lowest BCUT2D eigenvalue weighted by atomic mass is 10.1. The van der Waals surface area contributed by atoms with E-state index in [-0.39, 0.29) is 0 Å². The van der Waals surface area contributed by atoms with Crippen molar-refractivity contribution >= 4 is 0 Å². The number of hydrogen-bond acceptors (Lipinski definition) is 1. The van der Waals surface area contributed by atoms with E-state index in [1.54, 1.807) is 0 Å². The van der Waals surface area contributed by atoms with Gasteiger partial charge in [-0.25, -0.2) is 0 Å². The first-order chi connectivity index (χ1) is 5.70. The summed E-state index contributed by atoms with van der Waals surface area (Å²) in [5, 5.41) is 0. The lowest BCUT2D eigenvalue weighted by Gasteiger charge is -2.18. The Labute approximate surface area is 76.8 Å². The van der Waals surface area contributed by atoms with Gasteiger partial charge in [0, 0.05) is 32.6 Å². The fourth-order valence-corrected chi connectivity index (χ4v) is 0.961. The third kappa shape index (κ3) is 3.61. The second kappa shape index (κ2) is 5.87. The van der Waals surface area contributed by atoms with E-state index >= 15 is 0 Å². The molecule has 69 valence electrons. The minimum absolute atomic E-state index is 1.08. The van der Waals surface area contributed by atoms with Crippen LogP contribution in [0.2, 0.25) is 0 Å². The molecule has 0 N–H and O–H groups in total. The van der Waals surface area contributed by atoms with Crippen LogP contribution in [0.4, 0.5) is 0 Å². The molecule has 0 spiro atoms. The zero-order valence-corrected chi connectivity index (χ0v) is 8.89. The topological polar surface area (TPSA) is 3.24 Å². The van der Waals surface area contributed by atoms with E-state index in [2.05, 4.69) is 44.5 Å². The Hall–Kier alpha value is -0.720. The van der Waals surface area contributed by atoms with E-state index in [1.165, 1.54) is 11.3 Å². The highest BCUT2D eigenvalue weighted by Gasteiger charge is 2.02. The van der Waals surface area contributed by atoms with Crippen LogP contribution in [-0.4, -0.2) is 19.0 Å². The predicted octanol–water partition coefficient (Wildman–Crippen LogP) is 3.01. The summed E-state index contributed by atoms with van der Waals surface area (Å²) in [4.78, 5) is 2.15. The van der Waals surface area contributed by atoms with Crippen molar-refractivity contribution in [2.45, 2.75) is 27.2 Å². The summed E-state index contributed by atoms with van der Waals surface area (Å²) in [6.07, 6.45) is 7.65. The van der Waals surface area contributed by atoms with Crippen LogP contribution in [0.25, 0.3) is 0 Å². The molecule has 0 amide bonds. The summed E-state index contributed by atoms with van der Waals surface area (Å²) >= 11 is 0. The molecule has 0 unspecified atom stereocenters. The molecule has 0 saturated heterocycles. The van der Waals surface area contributed by atoms with Crippen molar-refractivity contribution in [2.75, 3.05) is 14.1 Å². The Morgan fingerprint density at radius 2 is 1.83 bits per heavy atom. The van der Waals surface area contributed by atoms with Crippen LogP contribution in [0.1, 0.15) is 27.2 Å². The highest BCUT2D eigenvalue weighted by molar-refractivity contribution is 5.29. The summed E-state index contributed by atoms with van der Waals surface area (Å²) in [6.45, 7) is 6.13. The van der Waals surface area contributed by atoms with Gasteiger partial charge in [-0.2, -0.15) is 0 Å². The average Bonchev–Trinajstić information content (AvgIpc) is 2.09. The standard InChI is InChI=1S/C9H14N.C2H6/c1-8-4-6-9(7-5-8)10(2)3;1-2/h4-6H,7H2,1-3H3;1-2H3. The van der Waals surface area contributed by atoms with Crippen molar-refractivity contribution in [1.29, 1.82) is 0 Å². The third-order valence-corrected chi connectivity index (χ3v) is 1.75. The Morgan fingerprint density at radius 3 is 2.17 bits per heavy atom. The Bertz CT molecular complexity index is 175. The molecule has 0 heterocycles. The van der Waals surface area contributed by atoms with E-state index in [9.17, 15) is 0 Å². The van der Waals surface area contributed by atoms with Crippen LogP contribution < -0.4 is 0 Å². The molecule has 0 atom stereocenters. The molecule has 1 radical (unpaired) electrons. The van der Waals surface area contributed by atoms with Crippen molar-refractivity contribution in [3.05, 3.63) is 29.8 Å². The highest BCUT2D eigenvalue weighted by Crippen LogP contribution is 2.16. The fourth-order valence-electron chi connectivity index (χ4n) is 0.961. The molecule has 0 saturated carbocycles. The van der Waals surface area contributed by atoms with Crippen molar-refractivity contribution in [3.63, 3.8) is 0 Å². The van der Waals surface area contributed by atoms with E-state index in [4.69, 9.17) is 0 Å². The third-order valence-electron chi connectivity index (χ3n) is 1.75. The SMILES string of the molecule is CC.CC1=CCC(N(C)C)=C[CH]1. The summed E-state index contributed by atoms with van der Waals surface area (Å²) in [5.74, 6) is 0. The number of nitrogens with zero attached hydrogens (tertiary/aromatic N) is 1. The molecule has 0 aromatic heterocycles. The van der Waals surface area contributed by atoms with Gasteiger partial charge in [0.05, 0.1) is 0 Å². The predicted molar refractivity (Wildman–Crippen MR) is 55.8 cm³/mol. The van der Waals surface area contributed by atoms with Crippen LogP contribution in [-0.2, 0) is 0 Å². The smallest absolute Gasteiger partial charge is 0.0132 e. The van der Waals surface area contributed by atoms with Gasteiger partial charge in [0.1, 0.15) is 0 Å². The molecule has 0 aliphatic heterocycles. The van der Waals surface area contributed by atoms with E-state index in [1.807, 2.05) is 13.8 Å². The lowest BCUT2D eigenvalue weighted by molar-refractivity contribution is 0.498. The van der Waals surface area contributed by atoms with Crippen molar-refractivity contribution in [2.24, 2.45) is 0 Å². The second-order valence-corrected chi connectivity index (χ2v) is 2.87. The Balaban J connectivity index is 0.000000561. The van der Waals surface area contributed by atoms with Gasteiger partial charge in [-0.3, -0.25) is 0 Å². The van der Waals surface area contributed by atoms with Crippen molar-refractivity contribution in [3.8, 4) is 0 Å². The minimum atomic E-state index is 1.08.